The number of benzene rings is 1. The van der Waals surface area contributed by atoms with Crippen molar-refractivity contribution in [3.05, 3.63) is 39.5 Å². The standard InChI is InChI=1S/C22H26ClN3OS/c1-12-8-16(17(27-5)10-15(12)23)26-20-19-14-7-6-13(22(2,3)4)9-18(14)28-21(19)25-11-24-20/h8,10-11,13H,6-7,9H2,1-5H3,(H,24,25,26). The number of rotatable bonds is 3. The van der Waals surface area contributed by atoms with Gasteiger partial charge in [-0.25, -0.2) is 9.97 Å². The number of hydrogen-bond acceptors (Lipinski definition) is 5. The molecule has 1 aromatic carbocycles. The van der Waals surface area contributed by atoms with Gasteiger partial charge < -0.3 is 10.1 Å². The van der Waals surface area contributed by atoms with Crippen LogP contribution in [0.4, 0.5) is 11.5 Å². The summed E-state index contributed by atoms with van der Waals surface area (Å²) in [5, 5.41) is 5.33. The summed E-state index contributed by atoms with van der Waals surface area (Å²) in [4.78, 5) is 11.7. The highest BCUT2D eigenvalue weighted by atomic mass is 35.5. The third-order valence-corrected chi connectivity index (χ3v) is 7.37. The molecule has 4 nitrogen and oxygen atoms in total. The molecule has 0 aliphatic heterocycles. The molecule has 0 fully saturated rings. The predicted octanol–water partition coefficient (Wildman–Crippen LogP) is 6.56. The first-order valence-corrected chi connectivity index (χ1v) is 10.8. The average molecular weight is 416 g/mol. The van der Waals surface area contributed by atoms with Gasteiger partial charge in [-0.15, -0.1) is 11.3 Å². The Morgan fingerprint density at radius 2 is 2.04 bits per heavy atom. The second-order valence-corrected chi connectivity index (χ2v) is 10.1. The number of nitrogens with zero attached hydrogens (tertiary/aromatic N) is 2. The molecule has 2 heterocycles. The molecular formula is C22H26ClN3OS. The van der Waals surface area contributed by atoms with Crippen LogP contribution >= 0.6 is 22.9 Å². The minimum atomic E-state index is 0.328. The molecule has 3 aromatic rings. The van der Waals surface area contributed by atoms with Gasteiger partial charge in [0.05, 0.1) is 18.2 Å². The number of fused-ring (bicyclic) bond motifs is 3. The summed E-state index contributed by atoms with van der Waals surface area (Å²) in [6.07, 6.45) is 5.06. The van der Waals surface area contributed by atoms with E-state index in [-0.39, 0.29) is 0 Å². The summed E-state index contributed by atoms with van der Waals surface area (Å²) in [6, 6.07) is 3.85. The molecule has 0 saturated heterocycles. The average Bonchev–Trinajstić information content (AvgIpc) is 3.02. The fourth-order valence-corrected chi connectivity index (χ4v) is 5.42. The summed E-state index contributed by atoms with van der Waals surface area (Å²) in [5.74, 6) is 2.26. The molecule has 28 heavy (non-hydrogen) atoms. The topological polar surface area (TPSA) is 47.0 Å². The number of ether oxygens (including phenoxy) is 1. The van der Waals surface area contributed by atoms with Crippen molar-refractivity contribution in [2.24, 2.45) is 11.3 Å². The van der Waals surface area contributed by atoms with E-state index < -0.39 is 0 Å². The van der Waals surface area contributed by atoms with Crippen molar-refractivity contribution in [2.75, 3.05) is 12.4 Å². The third-order valence-electron chi connectivity index (χ3n) is 5.80. The molecule has 4 rings (SSSR count). The largest absolute Gasteiger partial charge is 0.495 e. The van der Waals surface area contributed by atoms with Gasteiger partial charge in [0.15, 0.2) is 0 Å². The Labute approximate surface area is 175 Å². The van der Waals surface area contributed by atoms with E-state index in [1.54, 1.807) is 13.4 Å². The maximum absolute atomic E-state index is 6.26. The predicted molar refractivity (Wildman–Crippen MR) is 118 cm³/mol. The van der Waals surface area contributed by atoms with Crippen LogP contribution in [0.15, 0.2) is 18.5 Å². The van der Waals surface area contributed by atoms with Gasteiger partial charge in [-0.2, -0.15) is 0 Å². The maximum Gasteiger partial charge on any atom is 0.143 e. The van der Waals surface area contributed by atoms with Crippen LogP contribution in [0.3, 0.4) is 0 Å². The molecule has 0 spiro atoms. The van der Waals surface area contributed by atoms with Crippen LogP contribution in [-0.4, -0.2) is 17.1 Å². The zero-order valence-electron chi connectivity index (χ0n) is 17.0. The summed E-state index contributed by atoms with van der Waals surface area (Å²) >= 11 is 8.08. The van der Waals surface area contributed by atoms with Crippen molar-refractivity contribution < 1.29 is 4.74 Å². The van der Waals surface area contributed by atoms with Gasteiger partial charge in [0.25, 0.3) is 0 Å². The summed E-state index contributed by atoms with van der Waals surface area (Å²) in [6.45, 7) is 9.02. The Kier molecular flexibility index (Phi) is 5.00. The highest BCUT2D eigenvalue weighted by Gasteiger charge is 2.31. The number of anilines is 2. The number of aromatic nitrogens is 2. The Hall–Kier alpha value is -1.85. The van der Waals surface area contributed by atoms with E-state index in [0.717, 1.165) is 40.1 Å². The normalized spacial score (nSPS) is 16.9. The van der Waals surface area contributed by atoms with Gasteiger partial charge in [0.2, 0.25) is 0 Å². The van der Waals surface area contributed by atoms with E-state index in [2.05, 4.69) is 36.1 Å². The number of thiophene rings is 1. The van der Waals surface area contributed by atoms with Crippen molar-refractivity contribution in [1.82, 2.24) is 9.97 Å². The molecule has 1 atom stereocenters. The van der Waals surface area contributed by atoms with Gasteiger partial charge in [-0.3, -0.25) is 0 Å². The number of aryl methyl sites for hydroxylation is 2. The molecule has 1 aliphatic rings. The van der Waals surface area contributed by atoms with Gasteiger partial charge >= 0.3 is 0 Å². The third kappa shape index (κ3) is 3.46. The molecular weight excluding hydrogens is 390 g/mol. The van der Waals surface area contributed by atoms with Crippen molar-refractivity contribution >= 4 is 44.7 Å². The van der Waals surface area contributed by atoms with Crippen molar-refractivity contribution in [3.63, 3.8) is 0 Å². The molecule has 1 unspecified atom stereocenters. The van der Waals surface area contributed by atoms with E-state index in [9.17, 15) is 0 Å². The van der Waals surface area contributed by atoms with Crippen LogP contribution in [-0.2, 0) is 12.8 Å². The Morgan fingerprint density at radius 1 is 1.25 bits per heavy atom. The molecule has 0 saturated carbocycles. The van der Waals surface area contributed by atoms with E-state index in [0.29, 0.717) is 22.1 Å². The summed E-state index contributed by atoms with van der Waals surface area (Å²) < 4.78 is 5.52. The number of hydrogen-bond donors (Lipinski definition) is 1. The van der Waals surface area contributed by atoms with Crippen LogP contribution in [0.5, 0.6) is 5.75 Å². The van der Waals surface area contributed by atoms with Crippen molar-refractivity contribution in [1.29, 1.82) is 0 Å². The van der Waals surface area contributed by atoms with Crippen LogP contribution in [0.1, 0.15) is 43.2 Å². The monoisotopic (exact) mass is 415 g/mol. The number of nitrogens with one attached hydrogen (secondary N) is 1. The second-order valence-electron chi connectivity index (χ2n) is 8.64. The minimum Gasteiger partial charge on any atom is -0.495 e. The number of halogens is 1. The lowest BCUT2D eigenvalue weighted by molar-refractivity contribution is 0.218. The van der Waals surface area contributed by atoms with Crippen LogP contribution in [0.25, 0.3) is 10.2 Å². The first-order valence-electron chi connectivity index (χ1n) is 9.64. The minimum absolute atomic E-state index is 0.328. The maximum atomic E-state index is 6.26. The molecule has 6 heteroatoms. The highest BCUT2D eigenvalue weighted by molar-refractivity contribution is 7.19. The van der Waals surface area contributed by atoms with Crippen LogP contribution in [0.2, 0.25) is 5.02 Å². The second kappa shape index (κ2) is 7.20. The summed E-state index contributed by atoms with van der Waals surface area (Å²) in [5.41, 5.74) is 3.60. The van der Waals surface area contributed by atoms with Crippen molar-refractivity contribution in [3.8, 4) is 5.75 Å². The molecule has 2 aromatic heterocycles. The van der Waals surface area contributed by atoms with Gasteiger partial charge in [-0.05, 0) is 54.7 Å². The Balaban J connectivity index is 1.76. The molecule has 1 N–H and O–H groups in total. The molecule has 0 radical (unpaired) electrons. The molecule has 148 valence electrons. The van der Waals surface area contributed by atoms with E-state index in [1.165, 1.54) is 16.9 Å². The Bertz CT molecular complexity index is 1040. The molecule has 0 bridgehead atoms. The highest BCUT2D eigenvalue weighted by Crippen LogP contribution is 2.45. The SMILES string of the molecule is COc1cc(Cl)c(C)cc1Nc1ncnc2sc3c(c12)CCC(C(C)(C)C)C3. The van der Waals surface area contributed by atoms with Gasteiger partial charge in [-0.1, -0.05) is 32.4 Å². The van der Waals surface area contributed by atoms with E-state index in [4.69, 9.17) is 16.3 Å². The first-order chi connectivity index (χ1) is 13.3. The smallest absolute Gasteiger partial charge is 0.143 e. The quantitative estimate of drug-likeness (QED) is 0.526. The first kappa shape index (κ1) is 19.5. The van der Waals surface area contributed by atoms with Gasteiger partial charge in [0, 0.05) is 16.0 Å². The fraction of sp³-hybridized carbons (Fsp3) is 0.455. The lowest BCUT2D eigenvalue weighted by Gasteiger charge is -2.33. The Morgan fingerprint density at radius 3 is 2.75 bits per heavy atom. The lowest BCUT2D eigenvalue weighted by atomic mass is 9.72. The fourth-order valence-electron chi connectivity index (χ4n) is 4.00. The number of methoxy groups -OCH3 is 1. The molecule has 1 aliphatic carbocycles. The van der Waals surface area contributed by atoms with Crippen LogP contribution < -0.4 is 10.1 Å². The van der Waals surface area contributed by atoms with Crippen molar-refractivity contribution in [2.45, 2.75) is 47.0 Å². The summed E-state index contributed by atoms with van der Waals surface area (Å²) in [7, 11) is 1.65. The van der Waals surface area contributed by atoms with Gasteiger partial charge in [0.1, 0.15) is 22.7 Å². The zero-order chi connectivity index (χ0) is 20.1. The van der Waals surface area contributed by atoms with Crippen LogP contribution in [0, 0.1) is 18.3 Å². The van der Waals surface area contributed by atoms with E-state index >= 15 is 0 Å². The zero-order valence-corrected chi connectivity index (χ0v) is 18.6. The van der Waals surface area contributed by atoms with E-state index in [1.807, 2.05) is 30.4 Å². The lowest BCUT2D eigenvalue weighted by Crippen LogP contribution is -2.26. The molecule has 0 amide bonds.